The SMILES string of the molecule is Cc1nc(N(C)S(=O)(=O)c2cccc([N+](=O)[O-])c2)sc1C(C)(C)C. The highest BCUT2D eigenvalue weighted by Gasteiger charge is 2.28. The molecule has 24 heavy (non-hydrogen) atoms. The van der Waals surface area contributed by atoms with E-state index >= 15 is 0 Å². The van der Waals surface area contributed by atoms with E-state index in [-0.39, 0.29) is 16.0 Å². The van der Waals surface area contributed by atoms with Crippen LogP contribution < -0.4 is 4.31 Å². The van der Waals surface area contributed by atoms with Gasteiger partial charge in [0.1, 0.15) is 0 Å². The zero-order chi connectivity index (χ0) is 18.3. The highest BCUT2D eigenvalue weighted by Crippen LogP contribution is 2.36. The molecule has 7 nitrogen and oxygen atoms in total. The van der Waals surface area contributed by atoms with Crippen LogP contribution in [0, 0.1) is 17.0 Å². The Morgan fingerprint density at radius 1 is 1.29 bits per heavy atom. The average Bonchev–Trinajstić information content (AvgIpc) is 2.88. The van der Waals surface area contributed by atoms with E-state index in [1.54, 1.807) is 0 Å². The number of anilines is 1. The summed E-state index contributed by atoms with van der Waals surface area (Å²) in [5.41, 5.74) is 0.370. The van der Waals surface area contributed by atoms with E-state index in [4.69, 9.17) is 0 Å². The minimum absolute atomic E-state index is 0.135. The van der Waals surface area contributed by atoms with Gasteiger partial charge in [0.25, 0.3) is 15.7 Å². The molecule has 0 aliphatic heterocycles. The maximum Gasteiger partial charge on any atom is 0.270 e. The fourth-order valence-corrected chi connectivity index (χ4v) is 4.71. The summed E-state index contributed by atoms with van der Waals surface area (Å²) in [5, 5.41) is 11.2. The van der Waals surface area contributed by atoms with Crippen molar-refractivity contribution in [2.24, 2.45) is 0 Å². The van der Waals surface area contributed by atoms with Crippen LogP contribution in [-0.4, -0.2) is 25.4 Å². The number of hydrogen-bond donors (Lipinski definition) is 0. The number of aromatic nitrogens is 1. The van der Waals surface area contributed by atoms with Gasteiger partial charge in [0, 0.05) is 24.1 Å². The molecule has 2 aromatic rings. The number of hydrogen-bond acceptors (Lipinski definition) is 6. The van der Waals surface area contributed by atoms with E-state index in [1.807, 2.05) is 27.7 Å². The Morgan fingerprint density at radius 2 is 1.92 bits per heavy atom. The molecule has 0 spiro atoms. The number of nitro benzene ring substituents is 1. The summed E-state index contributed by atoms with van der Waals surface area (Å²) >= 11 is 1.31. The lowest BCUT2D eigenvalue weighted by Gasteiger charge is -2.17. The zero-order valence-electron chi connectivity index (χ0n) is 14.1. The third-order valence-corrected chi connectivity index (χ3v) is 6.94. The van der Waals surface area contributed by atoms with Crippen LogP contribution in [0.3, 0.4) is 0 Å². The third kappa shape index (κ3) is 3.41. The van der Waals surface area contributed by atoms with Crippen molar-refractivity contribution >= 4 is 32.2 Å². The molecule has 2 rings (SSSR count). The molecule has 0 saturated heterocycles. The van der Waals surface area contributed by atoms with E-state index < -0.39 is 14.9 Å². The second-order valence-corrected chi connectivity index (χ2v) is 9.33. The predicted molar refractivity (Wildman–Crippen MR) is 94.2 cm³/mol. The lowest BCUT2D eigenvalue weighted by atomic mass is 9.94. The van der Waals surface area contributed by atoms with E-state index in [9.17, 15) is 18.5 Å². The first-order valence-electron chi connectivity index (χ1n) is 7.16. The normalized spacial score (nSPS) is 12.2. The van der Waals surface area contributed by atoms with Crippen LogP contribution in [0.15, 0.2) is 29.2 Å². The molecule has 0 fully saturated rings. The lowest BCUT2D eigenvalue weighted by Crippen LogP contribution is -2.26. The van der Waals surface area contributed by atoms with E-state index in [1.165, 1.54) is 36.6 Å². The Balaban J connectivity index is 2.47. The van der Waals surface area contributed by atoms with Crippen molar-refractivity contribution in [3.05, 3.63) is 45.0 Å². The van der Waals surface area contributed by atoms with Gasteiger partial charge < -0.3 is 0 Å². The first-order chi connectivity index (χ1) is 10.9. The quantitative estimate of drug-likeness (QED) is 0.607. The monoisotopic (exact) mass is 369 g/mol. The Labute approximate surface area is 145 Å². The third-order valence-electron chi connectivity index (χ3n) is 3.42. The Morgan fingerprint density at radius 3 is 2.42 bits per heavy atom. The molecule has 130 valence electrons. The molecule has 1 aromatic carbocycles. The standard InChI is InChI=1S/C15H19N3O4S2/c1-10-13(15(2,3)4)23-14(16-10)17(5)24(21,22)12-8-6-7-11(9-12)18(19)20/h6-9H,1-5H3. The van der Waals surface area contributed by atoms with Gasteiger partial charge >= 0.3 is 0 Å². The van der Waals surface area contributed by atoms with Crippen molar-refractivity contribution in [3.8, 4) is 0 Å². The smallest absolute Gasteiger partial charge is 0.258 e. The summed E-state index contributed by atoms with van der Waals surface area (Å²) < 4.78 is 26.6. The van der Waals surface area contributed by atoms with Crippen LogP contribution in [0.2, 0.25) is 0 Å². The summed E-state index contributed by atoms with van der Waals surface area (Å²) in [6, 6.07) is 5.00. The van der Waals surface area contributed by atoms with Gasteiger partial charge in [-0.15, -0.1) is 11.3 Å². The maximum atomic E-state index is 12.7. The minimum atomic E-state index is -3.92. The van der Waals surface area contributed by atoms with Gasteiger partial charge in [0.05, 0.1) is 15.5 Å². The molecule has 1 aromatic heterocycles. The van der Waals surface area contributed by atoms with Crippen LogP contribution in [0.4, 0.5) is 10.8 Å². The van der Waals surface area contributed by atoms with Gasteiger partial charge in [-0.2, -0.15) is 0 Å². The van der Waals surface area contributed by atoms with Crippen molar-refractivity contribution in [1.82, 2.24) is 4.98 Å². The van der Waals surface area contributed by atoms with Gasteiger partial charge in [-0.3, -0.25) is 10.1 Å². The summed E-state index contributed by atoms with van der Waals surface area (Å²) in [6.07, 6.45) is 0. The number of nitro groups is 1. The number of thiazole rings is 1. The lowest BCUT2D eigenvalue weighted by molar-refractivity contribution is -0.385. The number of non-ortho nitro benzene ring substituents is 1. The molecular weight excluding hydrogens is 350 g/mol. The van der Waals surface area contributed by atoms with E-state index in [2.05, 4.69) is 4.98 Å². The van der Waals surface area contributed by atoms with Gasteiger partial charge in [-0.1, -0.05) is 26.8 Å². The number of benzene rings is 1. The highest BCUT2D eigenvalue weighted by molar-refractivity contribution is 7.93. The Hall–Kier alpha value is -2.00. The van der Waals surface area contributed by atoms with Crippen molar-refractivity contribution in [1.29, 1.82) is 0 Å². The van der Waals surface area contributed by atoms with Crippen LogP contribution in [0.1, 0.15) is 31.3 Å². The van der Waals surface area contributed by atoms with Crippen LogP contribution in [0.25, 0.3) is 0 Å². The molecule has 0 bridgehead atoms. The first-order valence-corrected chi connectivity index (χ1v) is 9.41. The number of nitrogens with zero attached hydrogens (tertiary/aromatic N) is 3. The number of sulfonamides is 1. The molecule has 0 unspecified atom stereocenters. The molecule has 9 heteroatoms. The summed E-state index contributed by atoms with van der Waals surface area (Å²) in [6.45, 7) is 7.94. The molecule has 0 radical (unpaired) electrons. The van der Waals surface area contributed by atoms with Crippen molar-refractivity contribution in [2.45, 2.75) is 38.0 Å². The number of aryl methyl sites for hydroxylation is 1. The van der Waals surface area contributed by atoms with Gasteiger partial charge in [0.15, 0.2) is 5.13 Å². The summed E-state index contributed by atoms with van der Waals surface area (Å²) in [7, 11) is -2.52. The molecule has 0 amide bonds. The fourth-order valence-electron chi connectivity index (χ4n) is 2.23. The van der Waals surface area contributed by atoms with Crippen LogP contribution in [-0.2, 0) is 15.4 Å². The Kier molecular flexibility index (Phi) is 4.69. The van der Waals surface area contributed by atoms with Crippen LogP contribution >= 0.6 is 11.3 Å². The summed E-state index contributed by atoms with van der Waals surface area (Å²) in [4.78, 5) is 15.5. The largest absolute Gasteiger partial charge is 0.270 e. The fraction of sp³-hybridized carbons (Fsp3) is 0.400. The zero-order valence-corrected chi connectivity index (χ0v) is 15.7. The minimum Gasteiger partial charge on any atom is -0.258 e. The van der Waals surface area contributed by atoms with E-state index in [0.717, 1.165) is 20.9 Å². The first kappa shape index (κ1) is 18.3. The Bertz CT molecular complexity index is 882. The second-order valence-electron chi connectivity index (χ2n) is 6.39. The predicted octanol–water partition coefficient (Wildman–Crippen LogP) is 3.48. The van der Waals surface area contributed by atoms with Gasteiger partial charge in [-0.05, 0) is 18.4 Å². The molecule has 0 N–H and O–H groups in total. The molecule has 0 aliphatic carbocycles. The highest BCUT2D eigenvalue weighted by atomic mass is 32.2. The molecule has 0 aliphatic rings. The van der Waals surface area contributed by atoms with Gasteiger partial charge in [0.2, 0.25) is 0 Å². The second kappa shape index (κ2) is 6.14. The van der Waals surface area contributed by atoms with Crippen LogP contribution in [0.5, 0.6) is 0 Å². The topological polar surface area (TPSA) is 93.4 Å². The molecular formula is C15H19N3O4S2. The molecule has 0 saturated carbocycles. The maximum absolute atomic E-state index is 12.7. The molecule has 0 atom stereocenters. The average molecular weight is 369 g/mol. The van der Waals surface area contributed by atoms with Gasteiger partial charge in [-0.25, -0.2) is 17.7 Å². The summed E-state index contributed by atoms with van der Waals surface area (Å²) in [5.74, 6) is 0. The van der Waals surface area contributed by atoms with E-state index in [0.29, 0.717) is 5.13 Å². The van der Waals surface area contributed by atoms with Crippen molar-refractivity contribution in [3.63, 3.8) is 0 Å². The van der Waals surface area contributed by atoms with Crippen molar-refractivity contribution in [2.75, 3.05) is 11.4 Å². The molecule has 1 heterocycles. The number of rotatable bonds is 4. The van der Waals surface area contributed by atoms with Crippen molar-refractivity contribution < 1.29 is 13.3 Å².